The molecule has 1 aliphatic heterocycles. The molecule has 15 heavy (non-hydrogen) atoms. The minimum absolute atomic E-state index is 0.851. The Kier molecular flexibility index (Phi) is 3.22. The van der Waals surface area contributed by atoms with E-state index in [1.54, 1.807) is 0 Å². The maximum atomic E-state index is 3.77. The van der Waals surface area contributed by atoms with Crippen molar-refractivity contribution in [3.63, 3.8) is 0 Å². The second kappa shape index (κ2) is 4.63. The SMILES string of the molecule is C=Cc1ccc(CC2CCN(C)C2)cc1. The molecule has 0 saturated carbocycles. The molecule has 1 nitrogen and oxygen atoms in total. The van der Waals surface area contributed by atoms with Gasteiger partial charge in [-0.3, -0.25) is 0 Å². The van der Waals surface area contributed by atoms with Crippen LogP contribution in [0.2, 0.25) is 0 Å². The minimum atomic E-state index is 0.851. The highest BCUT2D eigenvalue weighted by Crippen LogP contribution is 2.19. The van der Waals surface area contributed by atoms with E-state index in [9.17, 15) is 0 Å². The van der Waals surface area contributed by atoms with Crippen molar-refractivity contribution in [3.05, 3.63) is 42.0 Å². The monoisotopic (exact) mass is 201 g/mol. The fourth-order valence-electron chi connectivity index (χ4n) is 2.32. The van der Waals surface area contributed by atoms with Crippen molar-refractivity contribution in [2.45, 2.75) is 12.8 Å². The fraction of sp³-hybridized carbons (Fsp3) is 0.429. The van der Waals surface area contributed by atoms with Gasteiger partial charge in [0, 0.05) is 6.54 Å². The summed E-state index contributed by atoms with van der Waals surface area (Å²) in [5.41, 5.74) is 2.67. The van der Waals surface area contributed by atoms with Gasteiger partial charge in [0.1, 0.15) is 0 Å². The van der Waals surface area contributed by atoms with Crippen LogP contribution < -0.4 is 0 Å². The Morgan fingerprint density at radius 1 is 1.40 bits per heavy atom. The molecule has 1 aromatic rings. The first-order chi connectivity index (χ1) is 7.28. The normalized spacial score (nSPS) is 21.8. The van der Waals surface area contributed by atoms with Gasteiger partial charge in [-0.15, -0.1) is 0 Å². The van der Waals surface area contributed by atoms with Gasteiger partial charge in [-0.25, -0.2) is 0 Å². The maximum absolute atomic E-state index is 3.77. The average molecular weight is 201 g/mol. The molecule has 1 aliphatic rings. The summed E-state index contributed by atoms with van der Waals surface area (Å²) in [6, 6.07) is 8.77. The molecule has 2 rings (SSSR count). The lowest BCUT2D eigenvalue weighted by Gasteiger charge is -2.10. The number of benzene rings is 1. The summed E-state index contributed by atoms with van der Waals surface area (Å²) in [7, 11) is 2.21. The predicted octanol–water partition coefficient (Wildman–Crippen LogP) is 2.82. The van der Waals surface area contributed by atoms with Crippen LogP contribution in [0, 0.1) is 5.92 Å². The number of rotatable bonds is 3. The van der Waals surface area contributed by atoms with E-state index in [0.717, 1.165) is 5.92 Å². The van der Waals surface area contributed by atoms with E-state index in [0.29, 0.717) is 0 Å². The lowest BCUT2D eigenvalue weighted by Crippen LogP contribution is -2.14. The molecule has 1 atom stereocenters. The van der Waals surface area contributed by atoms with Crippen LogP contribution in [-0.4, -0.2) is 25.0 Å². The molecule has 1 unspecified atom stereocenters. The zero-order valence-electron chi connectivity index (χ0n) is 9.45. The second-order valence-electron chi connectivity index (χ2n) is 4.57. The Bertz CT molecular complexity index is 326. The van der Waals surface area contributed by atoms with Crippen LogP contribution in [0.5, 0.6) is 0 Å². The van der Waals surface area contributed by atoms with E-state index in [1.165, 1.54) is 37.1 Å². The molecule has 0 amide bonds. The predicted molar refractivity (Wildman–Crippen MR) is 65.8 cm³/mol. The number of hydrogen-bond acceptors (Lipinski definition) is 1. The van der Waals surface area contributed by atoms with Crippen molar-refractivity contribution in [1.29, 1.82) is 0 Å². The summed E-state index contributed by atoms with van der Waals surface area (Å²) in [4.78, 5) is 2.42. The van der Waals surface area contributed by atoms with Crippen molar-refractivity contribution in [1.82, 2.24) is 4.90 Å². The minimum Gasteiger partial charge on any atom is -0.306 e. The largest absolute Gasteiger partial charge is 0.306 e. The molecule has 0 bridgehead atoms. The van der Waals surface area contributed by atoms with Crippen LogP contribution in [0.1, 0.15) is 17.5 Å². The molecule has 0 spiro atoms. The van der Waals surface area contributed by atoms with E-state index >= 15 is 0 Å². The van der Waals surface area contributed by atoms with Crippen LogP contribution in [0.15, 0.2) is 30.8 Å². The summed E-state index contributed by atoms with van der Waals surface area (Å²) < 4.78 is 0. The maximum Gasteiger partial charge on any atom is 0.00103 e. The molecule has 1 fully saturated rings. The Balaban J connectivity index is 1.96. The van der Waals surface area contributed by atoms with Crippen molar-refractivity contribution in [3.8, 4) is 0 Å². The van der Waals surface area contributed by atoms with Gasteiger partial charge < -0.3 is 4.90 Å². The van der Waals surface area contributed by atoms with Crippen molar-refractivity contribution in [2.75, 3.05) is 20.1 Å². The molecule has 80 valence electrons. The van der Waals surface area contributed by atoms with E-state index < -0.39 is 0 Å². The molecule has 1 heteroatoms. The Labute approximate surface area is 92.4 Å². The third-order valence-electron chi connectivity index (χ3n) is 3.23. The van der Waals surface area contributed by atoms with Crippen LogP contribution >= 0.6 is 0 Å². The van der Waals surface area contributed by atoms with Crippen LogP contribution in [0.25, 0.3) is 6.08 Å². The van der Waals surface area contributed by atoms with Gasteiger partial charge in [-0.2, -0.15) is 0 Å². The summed E-state index contributed by atoms with van der Waals surface area (Å²) in [6.45, 7) is 6.28. The lowest BCUT2D eigenvalue weighted by molar-refractivity contribution is 0.394. The van der Waals surface area contributed by atoms with Crippen LogP contribution in [0.3, 0.4) is 0 Å². The van der Waals surface area contributed by atoms with Crippen molar-refractivity contribution < 1.29 is 0 Å². The number of hydrogen-bond donors (Lipinski definition) is 0. The van der Waals surface area contributed by atoms with Gasteiger partial charge in [-0.05, 0) is 43.5 Å². The highest BCUT2D eigenvalue weighted by Gasteiger charge is 2.19. The van der Waals surface area contributed by atoms with Crippen LogP contribution in [0.4, 0.5) is 0 Å². The highest BCUT2D eigenvalue weighted by molar-refractivity contribution is 5.47. The molecular weight excluding hydrogens is 182 g/mol. The number of nitrogens with zero attached hydrogens (tertiary/aromatic N) is 1. The first kappa shape index (κ1) is 10.4. The van der Waals surface area contributed by atoms with E-state index in [4.69, 9.17) is 0 Å². The smallest absolute Gasteiger partial charge is 0.00103 e. The van der Waals surface area contributed by atoms with Gasteiger partial charge in [0.15, 0.2) is 0 Å². The fourth-order valence-corrected chi connectivity index (χ4v) is 2.32. The van der Waals surface area contributed by atoms with E-state index in [-0.39, 0.29) is 0 Å². The molecule has 0 N–H and O–H groups in total. The Hall–Kier alpha value is -1.08. The molecule has 1 saturated heterocycles. The van der Waals surface area contributed by atoms with Gasteiger partial charge in [0.2, 0.25) is 0 Å². The summed E-state index contributed by atoms with van der Waals surface area (Å²) in [6.07, 6.45) is 4.47. The van der Waals surface area contributed by atoms with E-state index in [2.05, 4.69) is 42.8 Å². The third-order valence-corrected chi connectivity index (χ3v) is 3.23. The summed E-state index contributed by atoms with van der Waals surface area (Å²) in [5.74, 6) is 0.851. The molecule has 1 heterocycles. The zero-order chi connectivity index (χ0) is 10.7. The number of likely N-dealkylation sites (tertiary alicyclic amines) is 1. The topological polar surface area (TPSA) is 3.24 Å². The first-order valence-corrected chi connectivity index (χ1v) is 5.68. The molecule has 0 aromatic heterocycles. The second-order valence-corrected chi connectivity index (χ2v) is 4.57. The molecule has 1 aromatic carbocycles. The van der Waals surface area contributed by atoms with Crippen molar-refractivity contribution in [2.24, 2.45) is 5.92 Å². The average Bonchev–Trinajstić information content (AvgIpc) is 2.65. The lowest BCUT2D eigenvalue weighted by atomic mass is 9.98. The molecular formula is C14H19N. The summed E-state index contributed by atoms with van der Waals surface area (Å²) in [5, 5.41) is 0. The molecule has 0 aliphatic carbocycles. The standard InChI is InChI=1S/C14H19N/c1-3-12-4-6-13(7-5-12)10-14-8-9-15(2)11-14/h3-7,14H,1,8-11H2,2H3. The Morgan fingerprint density at radius 3 is 2.67 bits per heavy atom. The van der Waals surface area contributed by atoms with Gasteiger partial charge in [-0.1, -0.05) is 36.9 Å². The third kappa shape index (κ3) is 2.69. The van der Waals surface area contributed by atoms with Crippen LogP contribution in [-0.2, 0) is 6.42 Å². The first-order valence-electron chi connectivity index (χ1n) is 5.68. The van der Waals surface area contributed by atoms with E-state index in [1.807, 2.05) is 6.08 Å². The Morgan fingerprint density at radius 2 is 2.13 bits per heavy atom. The highest BCUT2D eigenvalue weighted by atomic mass is 15.1. The molecule has 0 radical (unpaired) electrons. The quantitative estimate of drug-likeness (QED) is 0.727. The zero-order valence-corrected chi connectivity index (χ0v) is 9.45. The summed E-state index contributed by atoms with van der Waals surface area (Å²) >= 11 is 0. The van der Waals surface area contributed by atoms with Gasteiger partial charge >= 0.3 is 0 Å². The van der Waals surface area contributed by atoms with Gasteiger partial charge in [0.05, 0.1) is 0 Å². The van der Waals surface area contributed by atoms with Gasteiger partial charge in [0.25, 0.3) is 0 Å². The van der Waals surface area contributed by atoms with Crippen molar-refractivity contribution >= 4 is 6.08 Å².